The third kappa shape index (κ3) is 4.50. The first-order chi connectivity index (χ1) is 9.88. The molecule has 2 N–H and O–H groups in total. The van der Waals surface area contributed by atoms with Crippen LogP contribution in [0.3, 0.4) is 0 Å². The molecule has 1 aliphatic rings. The van der Waals surface area contributed by atoms with Gasteiger partial charge in [0.05, 0.1) is 5.56 Å². The number of carboxylic acid groups (broad SMARTS) is 1. The summed E-state index contributed by atoms with van der Waals surface area (Å²) < 4.78 is 26.8. The lowest BCUT2D eigenvalue weighted by Crippen LogP contribution is -2.34. The van der Waals surface area contributed by atoms with Crippen molar-refractivity contribution in [2.24, 2.45) is 5.92 Å². The average molecular weight is 332 g/mol. The van der Waals surface area contributed by atoms with Gasteiger partial charge >= 0.3 is 5.97 Å². The predicted octanol–water partition coefficient (Wildman–Crippen LogP) is 1.46. The van der Waals surface area contributed by atoms with E-state index in [1.807, 2.05) is 6.92 Å². The zero-order chi connectivity index (χ0) is 15.5. The van der Waals surface area contributed by atoms with Crippen LogP contribution in [0.15, 0.2) is 15.7 Å². The van der Waals surface area contributed by atoms with Gasteiger partial charge in [-0.05, 0) is 37.9 Å². The van der Waals surface area contributed by atoms with Gasteiger partial charge in [0, 0.05) is 18.5 Å². The molecule has 8 heteroatoms. The van der Waals surface area contributed by atoms with E-state index in [0.717, 1.165) is 31.0 Å². The molecule has 1 aliphatic heterocycles. The van der Waals surface area contributed by atoms with Gasteiger partial charge in [0.15, 0.2) is 0 Å². The normalized spacial score (nSPS) is 18.0. The van der Waals surface area contributed by atoms with Crippen molar-refractivity contribution in [2.75, 3.05) is 26.2 Å². The highest BCUT2D eigenvalue weighted by Gasteiger charge is 2.21. The molecule has 0 spiro atoms. The molecule has 2 rings (SSSR count). The first-order valence-electron chi connectivity index (χ1n) is 6.92. The van der Waals surface area contributed by atoms with Gasteiger partial charge in [-0.25, -0.2) is 17.9 Å². The zero-order valence-corrected chi connectivity index (χ0v) is 13.5. The number of nitrogens with zero attached hydrogens (tertiary/aromatic N) is 1. The Morgan fingerprint density at radius 1 is 1.48 bits per heavy atom. The van der Waals surface area contributed by atoms with E-state index in [2.05, 4.69) is 9.62 Å². The molecular weight excluding hydrogens is 312 g/mol. The standard InChI is InChI=1S/C13H20N2O4S2/c1-10(8-15-4-2-3-5-15)7-14-21(18,19)12-6-11(9-20-12)13(16)17/h6,9-10,14H,2-5,7-8H2,1H3,(H,16,17). The van der Waals surface area contributed by atoms with E-state index in [-0.39, 0.29) is 15.7 Å². The Kier molecular flexibility index (Phi) is 5.37. The second-order valence-electron chi connectivity index (χ2n) is 5.42. The summed E-state index contributed by atoms with van der Waals surface area (Å²) in [5, 5.41) is 10.2. The number of sulfonamides is 1. The van der Waals surface area contributed by atoms with Crippen molar-refractivity contribution in [2.45, 2.75) is 24.0 Å². The van der Waals surface area contributed by atoms with Crippen LogP contribution < -0.4 is 4.72 Å². The van der Waals surface area contributed by atoms with Gasteiger partial charge in [-0.15, -0.1) is 11.3 Å². The Labute approximate surface area is 128 Å². The SMILES string of the molecule is CC(CNS(=O)(=O)c1cc(C(=O)O)cs1)CN1CCCC1. The zero-order valence-electron chi connectivity index (χ0n) is 11.9. The summed E-state index contributed by atoms with van der Waals surface area (Å²) in [5.74, 6) is -0.896. The summed E-state index contributed by atoms with van der Waals surface area (Å²) in [6.07, 6.45) is 2.43. The van der Waals surface area contributed by atoms with Crippen LogP contribution in [0.1, 0.15) is 30.1 Å². The van der Waals surface area contributed by atoms with Crippen molar-refractivity contribution >= 4 is 27.3 Å². The molecule has 1 aromatic heterocycles. The Bertz CT molecular complexity index is 591. The number of rotatable bonds is 7. The smallest absolute Gasteiger partial charge is 0.336 e. The van der Waals surface area contributed by atoms with Crippen molar-refractivity contribution in [3.63, 3.8) is 0 Å². The molecule has 0 bridgehead atoms. The highest BCUT2D eigenvalue weighted by Crippen LogP contribution is 2.20. The van der Waals surface area contributed by atoms with Crippen LogP contribution in [0.4, 0.5) is 0 Å². The minimum absolute atomic E-state index is 0.00508. The van der Waals surface area contributed by atoms with Crippen LogP contribution >= 0.6 is 11.3 Å². The maximum atomic E-state index is 12.1. The molecular formula is C13H20N2O4S2. The molecule has 1 atom stereocenters. The minimum Gasteiger partial charge on any atom is -0.478 e. The molecule has 0 saturated carbocycles. The monoisotopic (exact) mass is 332 g/mol. The van der Waals surface area contributed by atoms with E-state index < -0.39 is 16.0 Å². The second kappa shape index (κ2) is 6.87. The predicted molar refractivity (Wildman–Crippen MR) is 81.3 cm³/mol. The lowest BCUT2D eigenvalue weighted by Gasteiger charge is -2.20. The summed E-state index contributed by atoms with van der Waals surface area (Å²) in [4.78, 5) is 13.1. The molecule has 1 aromatic rings. The van der Waals surface area contributed by atoms with Crippen molar-refractivity contribution in [1.29, 1.82) is 0 Å². The Morgan fingerprint density at radius 3 is 2.71 bits per heavy atom. The van der Waals surface area contributed by atoms with Crippen LogP contribution in [-0.4, -0.2) is 50.6 Å². The Balaban J connectivity index is 1.89. The molecule has 21 heavy (non-hydrogen) atoms. The van der Waals surface area contributed by atoms with E-state index in [0.29, 0.717) is 6.54 Å². The fourth-order valence-electron chi connectivity index (χ4n) is 2.36. The van der Waals surface area contributed by atoms with Gasteiger partial charge in [-0.3, -0.25) is 0 Å². The van der Waals surface area contributed by atoms with Gasteiger partial charge in [0.2, 0.25) is 10.0 Å². The highest BCUT2D eigenvalue weighted by atomic mass is 32.2. The van der Waals surface area contributed by atoms with E-state index in [1.54, 1.807) is 0 Å². The van der Waals surface area contributed by atoms with E-state index in [1.165, 1.54) is 24.3 Å². The number of carbonyl (C=O) groups is 1. The van der Waals surface area contributed by atoms with Gasteiger partial charge in [0.1, 0.15) is 4.21 Å². The maximum absolute atomic E-state index is 12.1. The molecule has 1 fully saturated rings. The Morgan fingerprint density at radius 2 is 2.14 bits per heavy atom. The fourth-order valence-corrected chi connectivity index (χ4v) is 4.73. The summed E-state index contributed by atoms with van der Waals surface area (Å²) in [6.45, 7) is 5.43. The third-order valence-electron chi connectivity index (χ3n) is 3.48. The molecule has 1 saturated heterocycles. The summed E-state index contributed by atoms with van der Waals surface area (Å²) in [6, 6.07) is 1.19. The first-order valence-corrected chi connectivity index (χ1v) is 9.28. The average Bonchev–Trinajstić information content (AvgIpc) is 3.07. The van der Waals surface area contributed by atoms with Gasteiger partial charge in [0.25, 0.3) is 0 Å². The van der Waals surface area contributed by atoms with Gasteiger partial charge in [-0.2, -0.15) is 0 Å². The molecule has 2 heterocycles. The van der Waals surface area contributed by atoms with Crippen molar-refractivity contribution in [1.82, 2.24) is 9.62 Å². The lowest BCUT2D eigenvalue weighted by molar-refractivity contribution is 0.0697. The quantitative estimate of drug-likeness (QED) is 0.789. The van der Waals surface area contributed by atoms with E-state index in [9.17, 15) is 13.2 Å². The fraction of sp³-hybridized carbons (Fsp3) is 0.615. The highest BCUT2D eigenvalue weighted by molar-refractivity contribution is 7.91. The van der Waals surface area contributed by atoms with Crippen LogP contribution in [0, 0.1) is 5.92 Å². The molecule has 0 aromatic carbocycles. The summed E-state index contributed by atoms with van der Waals surface area (Å²) in [7, 11) is -3.61. The maximum Gasteiger partial charge on any atom is 0.336 e. The lowest BCUT2D eigenvalue weighted by atomic mass is 10.2. The van der Waals surface area contributed by atoms with Crippen LogP contribution in [0.25, 0.3) is 0 Å². The van der Waals surface area contributed by atoms with Crippen LogP contribution in [0.2, 0.25) is 0 Å². The number of thiophene rings is 1. The Hall–Kier alpha value is -0.960. The van der Waals surface area contributed by atoms with E-state index in [4.69, 9.17) is 5.11 Å². The third-order valence-corrected chi connectivity index (χ3v) is 6.34. The summed E-state index contributed by atoms with van der Waals surface area (Å²) in [5.41, 5.74) is 0.00508. The molecule has 0 amide bonds. The van der Waals surface area contributed by atoms with Crippen LogP contribution in [-0.2, 0) is 10.0 Å². The van der Waals surface area contributed by atoms with Crippen LogP contribution in [0.5, 0.6) is 0 Å². The van der Waals surface area contributed by atoms with Crippen molar-refractivity contribution in [3.05, 3.63) is 17.0 Å². The molecule has 1 unspecified atom stereocenters. The number of likely N-dealkylation sites (tertiary alicyclic amines) is 1. The van der Waals surface area contributed by atoms with Gasteiger partial charge < -0.3 is 10.0 Å². The summed E-state index contributed by atoms with van der Waals surface area (Å²) >= 11 is 0.928. The molecule has 6 nitrogen and oxygen atoms in total. The van der Waals surface area contributed by atoms with E-state index >= 15 is 0 Å². The topological polar surface area (TPSA) is 86.7 Å². The number of nitrogens with one attached hydrogen (secondary N) is 1. The van der Waals surface area contributed by atoms with Crippen molar-refractivity contribution in [3.8, 4) is 0 Å². The molecule has 118 valence electrons. The molecule has 0 radical (unpaired) electrons. The largest absolute Gasteiger partial charge is 0.478 e. The number of hydrogen-bond acceptors (Lipinski definition) is 5. The number of hydrogen-bond donors (Lipinski definition) is 2. The number of aromatic carboxylic acids is 1. The first kappa shape index (κ1) is 16.4. The second-order valence-corrected chi connectivity index (χ2v) is 8.33. The minimum atomic E-state index is -3.61. The van der Waals surface area contributed by atoms with Crippen molar-refractivity contribution < 1.29 is 18.3 Å². The number of carboxylic acids is 1. The molecule has 0 aliphatic carbocycles. The van der Waals surface area contributed by atoms with Gasteiger partial charge in [-0.1, -0.05) is 6.92 Å².